The Labute approximate surface area is 769 Å². The molecule has 0 aromatic carbocycles. The minimum atomic E-state index is -0.903. The topological polar surface area (TPSA) is 241 Å². The number of hydrogen-bond donors (Lipinski definition) is 0. The molecule has 720 valence electrons. The van der Waals surface area contributed by atoms with Crippen LogP contribution in [0.5, 0.6) is 0 Å². The number of aliphatic carboxylic acids is 6. The van der Waals surface area contributed by atoms with Crippen LogP contribution in [-0.2, 0) is 49.8 Å². The van der Waals surface area contributed by atoms with Crippen LogP contribution in [-0.4, -0.2) is 35.8 Å². The molecule has 0 aliphatic carbocycles. The van der Waals surface area contributed by atoms with Crippen LogP contribution in [0.3, 0.4) is 0 Å². The fourth-order valence-corrected chi connectivity index (χ4v) is 15.8. The number of unbranched alkanes of at least 4 members (excludes halogenated alkanes) is 84. The van der Waals surface area contributed by atoms with Gasteiger partial charge in [-0.2, -0.15) is 0 Å². The first-order chi connectivity index (χ1) is 58.6. The summed E-state index contributed by atoms with van der Waals surface area (Å²) in [4.78, 5) is 61.3. The van der Waals surface area contributed by atoms with Gasteiger partial charge < -0.3 is 59.4 Å². The monoisotopic (exact) mass is 1800 g/mol. The van der Waals surface area contributed by atoms with E-state index in [1.807, 2.05) is 0 Å². The molecule has 12 nitrogen and oxygen atoms in total. The molecule has 121 heavy (non-hydrogen) atoms. The molecule has 0 bridgehead atoms. The van der Waals surface area contributed by atoms with Crippen molar-refractivity contribution in [3.8, 4) is 0 Å². The molecule has 0 N–H and O–H groups in total. The SMILES string of the molecule is CCCCCCCCCCCCCCCCCC(=O)[O-].CCCCCCCCCCCCCCCCCC(=O)[O-].CCCCCCCCCCCCCCCCCC(=O)[O-].CCCCCCCCCCCCCCCCCC(=O)[O-].CCCCCCCCCCCCCCCCCC(=O)[O-].CCCCCCCCCCCCCCCCCC(=O)[O-].[Mo+6]. The number of carboxylic acid groups (broad SMARTS) is 6. The first kappa shape index (κ1) is 132. The second-order valence-corrected chi connectivity index (χ2v) is 36.4. The second kappa shape index (κ2) is 128. The third kappa shape index (κ3) is 158. The fraction of sp³-hybridized carbons (Fsp3) is 0.944. The van der Waals surface area contributed by atoms with Crippen molar-refractivity contribution in [1.82, 2.24) is 0 Å². The van der Waals surface area contributed by atoms with E-state index in [4.69, 9.17) is 0 Å². The van der Waals surface area contributed by atoms with E-state index in [9.17, 15) is 59.4 Å². The van der Waals surface area contributed by atoms with E-state index >= 15 is 0 Å². The van der Waals surface area contributed by atoms with E-state index in [-0.39, 0.29) is 59.6 Å². The molecule has 0 aromatic rings. The molecule has 0 saturated carbocycles. The quantitative estimate of drug-likeness (QED) is 0.0408. The molecular formula is C108H210MoO12. The first-order valence-corrected chi connectivity index (χ1v) is 53.8. The van der Waals surface area contributed by atoms with Gasteiger partial charge in [0.2, 0.25) is 0 Å². The molecule has 0 atom stereocenters. The van der Waals surface area contributed by atoms with Crippen molar-refractivity contribution in [2.45, 2.75) is 658 Å². The van der Waals surface area contributed by atoms with Crippen molar-refractivity contribution >= 4 is 35.8 Å². The molecule has 0 spiro atoms. The third-order valence-corrected chi connectivity index (χ3v) is 23.9. The smallest absolute Gasteiger partial charge is 0.550 e. The van der Waals surface area contributed by atoms with Gasteiger partial charge in [0.05, 0.1) is 0 Å². The maximum Gasteiger partial charge on any atom is 6.00 e. The summed E-state index contributed by atoms with van der Waals surface area (Å²) >= 11 is 0. The van der Waals surface area contributed by atoms with Gasteiger partial charge >= 0.3 is 21.1 Å². The maximum absolute atomic E-state index is 10.2. The zero-order valence-corrected chi connectivity index (χ0v) is 84.2. The Morgan fingerprint density at radius 3 is 0.207 bits per heavy atom. The normalized spacial score (nSPS) is 10.8. The van der Waals surface area contributed by atoms with Gasteiger partial charge in [-0.3, -0.25) is 0 Å². The summed E-state index contributed by atoms with van der Waals surface area (Å²) in [7, 11) is 0. The number of carbonyl (C=O) groups is 6. The molecule has 0 fully saturated rings. The number of hydrogen-bond acceptors (Lipinski definition) is 12. The van der Waals surface area contributed by atoms with E-state index in [1.54, 1.807) is 0 Å². The minimum Gasteiger partial charge on any atom is -0.550 e. The molecule has 0 unspecified atom stereocenters. The van der Waals surface area contributed by atoms with Crippen LogP contribution in [0.4, 0.5) is 0 Å². The van der Waals surface area contributed by atoms with Crippen LogP contribution in [0.15, 0.2) is 0 Å². The zero-order valence-electron chi connectivity index (χ0n) is 82.2. The van der Waals surface area contributed by atoms with Crippen LogP contribution in [0.25, 0.3) is 0 Å². The molecule has 0 rings (SSSR count). The second-order valence-electron chi connectivity index (χ2n) is 36.4. The molecule has 0 amide bonds. The molecule has 0 aromatic heterocycles. The number of carbonyl (C=O) groups excluding carboxylic acids is 6. The van der Waals surface area contributed by atoms with Gasteiger partial charge in [-0.25, -0.2) is 0 Å². The number of carboxylic acids is 6. The van der Waals surface area contributed by atoms with Gasteiger partial charge in [0.1, 0.15) is 0 Å². The average Bonchev–Trinajstić information content (AvgIpc) is 1.37. The summed E-state index contributed by atoms with van der Waals surface area (Å²) in [6.45, 7) is 13.6. The van der Waals surface area contributed by atoms with Crippen LogP contribution < -0.4 is 30.6 Å². The van der Waals surface area contributed by atoms with Gasteiger partial charge in [0.25, 0.3) is 0 Å². The van der Waals surface area contributed by atoms with Gasteiger partial charge in [-0.05, 0) is 77.0 Å². The van der Waals surface area contributed by atoms with Gasteiger partial charge in [0.15, 0.2) is 0 Å². The Morgan fingerprint density at radius 1 is 0.107 bits per heavy atom. The Bertz CT molecular complexity index is 1560. The molecule has 13 heteroatoms. The summed E-state index contributed by atoms with van der Waals surface area (Å²) < 4.78 is 0. The Hall–Kier alpha value is -2.49. The Balaban J connectivity index is -0.000000257. The van der Waals surface area contributed by atoms with Crippen LogP contribution >= 0.6 is 0 Å². The van der Waals surface area contributed by atoms with Crippen LogP contribution in [0.1, 0.15) is 658 Å². The van der Waals surface area contributed by atoms with Crippen molar-refractivity contribution in [1.29, 1.82) is 0 Å². The Morgan fingerprint density at radius 2 is 0.157 bits per heavy atom. The van der Waals surface area contributed by atoms with Crippen molar-refractivity contribution in [2.75, 3.05) is 0 Å². The summed E-state index contributed by atoms with van der Waals surface area (Å²) in [6.07, 6.45) is 119. The molecule has 0 aliphatic rings. The summed E-state index contributed by atoms with van der Waals surface area (Å²) in [6, 6.07) is 0. The standard InChI is InChI=1S/6C18H36O2.Mo/c6*1-2-3-4-5-6-7-8-9-10-11-12-13-14-15-16-17-18(19)20;/h6*2-17H2,1H3,(H,19,20);/q;;;;;;+6/p-6. The summed E-state index contributed by atoms with van der Waals surface area (Å²) in [5, 5.41) is 61.3. The average molecular weight is 1800 g/mol. The van der Waals surface area contributed by atoms with Crippen molar-refractivity contribution < 1.29 is 80.5 Å². The van der Waals surface area contributed by atoms with E-state index in [0.717, 1.165) is 77.0 Å². The van der Waals surface area contributed by atoms with E-state index in [2.05, 4.69) is 41.5 Å². The summed E-state index contributed by atoms with van der Waals surface area (Å²) in [5.74, 6) is -5.42. The molecule has 0 radical (unpaired) electrons. The summed E-state index contributed by atoms with van der Waals surface area (Å²) in [5.41, 5.74) is 0. The predicted octanol–water partition coefficient (Wildman–Crippen LogP) is 30.0. The van der Waals surface area contributed by atoms with E-state index < -0.39 is 35.8 Å². The molecule has 0 saturated heterocycles. The largest absolute Gasteiger partial charge is 6.00 e. The van der Waals surface area contributed by atoms with Crippen molar-refractivity contribution in [3.63, 3.8) is 0 Å². The van der Waals surface area contributed by atoms with Crippen molar-refractivity contribution in [2.24, 2.45) is 0 Å². The Kier molecular flexibility index (Phi) is 140. The number of rotatable bonds is 96. The van der Waals surface area contributed by atoms with Crippen molar-refractivity contribution in [3.05, 3.63) is 0 Å². The van der Waals surface area contributed by atoms with Gasteiger partial charge in [-0.1, -0.05) is 581 Å². The molecule has 0 heterocycles. The predicted molar refractivity (Wildman–Crippen MR) is 507 cm³/mol. The maximum atomic E-state index is 10.2. The van der Waals surface area contributed by atoms with Gasteiger partial charge in [-0.15, -0.1) is 0 Å². The van der Waals surface area contributed by atoms with E-state index in [0.29, 0.717) is 0 Å². The minimum absolute atomic E-state index is 0. The molecule has 0 aliphatic heterocycles. The van der Waals surface area contributed by atoms with E-state index in [1.165, 1.54) is 501 Å². The van der Waals surface area contributed by atoms with Crippen LogP contribution in [0.2, 0.25) is 0 Å². The molecular weight excluding hydrogens is 1590 g/mol. The van der Waals surface area contributed by atoms with Gasteiger partial charge in [0, 0.05) is 35.8 Å². The third-order valence-electron chi connectivity index (χ3n) is 23.9. The first-order valence-electron chi connectivity index (χ1n) is 53.8. The van der Waals surface area contributed by atoms with Crippen LogP contribution in [0, 0.1) is 0 Å². The fourth-order valence-electron chi connectivity index (χ4n) is 15.8. The zero-order chi connectivity index (χ0) is 89.3.